The molecule has 0 aromatic heterocycles. The second-order valence-corrected chi connectivity index (χ2v) is 5.73. The summed E-state index contributed by atoms with van der Waals surface area (Å²) in [7, 11) is 1.08. The number of nitro benzene ring substituents is 1. The number of nitrogens with zero attached hydrogens (tertiary/aromatic N) is 1. The van der Waals surface area contributed by atoms with Crippen molar-refractivity contribution in [3.8, 4) is 0 Å². The van der Waals surface area contributed by atoms with Gasteiger partial charge >= 0.3 is 11.9 Å². The molecule has 0 heterocycles. The molecule has 2 rings (SSSR count). The van der Waals surface area contributed by atoms with Gasteiger partial charge in [0.1, 0.15) is 0 Å². The molecular formula is C19H16N2O8. The van der Waals surface area contributed by atoms with Crippen molar-refractivity contribution < 1.29 is 33.6 Å². The summed E-state index contributed by atoms with van der Waals surface area (Å²) in [6.07, 6.45) is -0.0338. The third-order valence-corrected chi connectivity index (χ3v) is 3.61. The molecule has 0 saturated carbocycles. The van der Waals surface area contributed by atoms with Crippen LogP contribution in [0.4, 0.5) is 5.69 Å². The Morgan fingerprint density at radius 3 is 2.17 bits per heavy atom. The number of hydrogen-bond acceptors (Lipinski definition) is 8. The van der Waals surface area contributed by atoms with Crippen LogP contribution >= 0.6 is 0 Å². The zero-order valence-corrected chi connectivity index (χ0v) is 15.2. The molecule has 10 nitrogen and oxygen atoms in total. The molecular weight excluding hydrogens is 384 g/mol. The number of benzene rings is 2. The van der Waals surface area contributed by atoms with Gasteiger partial charge in [-0.15, -0.1) is 0 Å². The molecule has 1 N–H and O–H groups in total. The maximum atomic E-state index is 12.1. The van der Waals surface area contributed by atoms with E-state index in [-0.39, 0.29) is 17.5 Å². The van der Waals surface area contributed by atoms with E-state index in [1.54, 1.807) is 30.3 Å². The number of imide groups is 1. The minimum atomic E-state index is -1.08. The van der Waals surface area contributed by atoms with Gasteiger partial charge in [0.25, 0.3) is 11.6 Å². The zero-order valence-electron chi connectivity index (χ0n) is 15.2. The van der Waals surface area contributed by atoms with Gasteiger partial charge in [0.05, 0.1) is 29.6 Å². The number of methoxy groups -OCH3 is 1. The van der Waals surface area contributed by atoms with Crippen molar-refractivity contribution in [1.29, 1.82) is 0 Å². The normalized spacial score (nSPS) is 9.97. The first-order valence-corrected chi connectivity index (χ1v) is 8.21. The summed E-state index contributed by atoms with van der Waals surface area (Å²) >= 11 is 0. The monoisotopic (exact) mass is 400 g/mol. The highest BCUT2D eigenvalue weighted by molar-refractivity contribution is 5.99. The number of non-ortho nitro benzene ring substituents is 1. The lowest BCUT2D eigenvalue weighted by molar-refractivity contribution is -0.384. The molecule has 2 aromatic rings. The average molecular weight is 400 g/mol. The minimum Gasteiger partial charge on any atom is -0.465 e. The van der Waals surface area contributed by atoms with Crippen LogP contribution in [-0.4, -0.2) is 42.4 Å². The third kappa shape index (κ3) is 6.24. The highest BCUT2D eigenvalue weighted by Crippen LogP contribution is 2.19. The maximum absolute atomic E-state index is 12.1. The predicted octanol–water partition coefficient (Wildman–Crippen LogP) is 1.42. The van der Waals surface area contributed by atoms with Crippen molar-refractivity contribution in [2.45, 2.75) is 6.42 Å². The topological polar surface area (TPSA) is 142 Å². The van der Waals surface area contributed by atoms with E-state index in [9.17, 15) is 29.3 Å². The fourth-order valence-electron chi connectivity index (χ4n) is 2.30. The van der Waals surface area contributed by atoms with Gasteiger partial charge < -0.3 is 9.47 Å². The fourth-order valence-corrected chi connectivity index (χ4v) is 2.30. The quantitative estimate of drug-likeness (QED) is 0.418. The van der Waals surface area contributed by atoms with Crippen LogP contribution < -0.4 is 5.32 Å². The molecule has 29 heavy (non-hydrogen) atoms. The van der Waals surface area contributed by atoms with Crippen molar-refractivity contribution in [2.75, 3.05) is 13.7 Å². The van der Waals surface area contributed by atoms with Crippen LogP contribution in [0.15, 0.2) is 48.5 Å². The molecule has 0 fully saturated rings. The van der Waals surface area contributed by atoms with Gasteiger partial charge in [0, 0.05) is 12.1 Å². The second-order valence-electron chi connectivity index (χ2n) is 5.73. The molecule has 2 amide bonds. The Bertz CT molecular complexity index is 956. The number of esters is 2. The molecule has 0 radical (unpaired) electrons. The predicted molar refractivity (Wildman–Crippen MR) is 98.0 cm³/mol. The van der Waals surface area contributed by atoms with Gasteiger partial charge in [-0.05, 0) is 11.6 Å². The van der Waals surface area contributed by atoms with E-state index < -0.39 is 41.0 Å². The summed E-state index contributed by atoms with van der Waals surface area (Å²) in [5.41, 5.74) is -0.372. The van der Waals surface area contributed by atoms with E-state index in [1.165, 1.54) is 0 Å². The summed E-state index contributed by atoms with van der Waals surface area (Å²) in [6, 6.07) is 11.6. The van der Waals surface area contributed by atoms with Crippen LogP contribution in [-0.2, 0) is 25.5 Å². The molecule has 0 saturated heterocycles. The molecule has 0 aliphatic heterocycles. The Hall–Kier alpha value is -4.08. The molecule has 0 bridgehead atoms. The lowest BCUT2D eigenvalue weighted by atomic mass is 10.1. The number of hydrogen-bond donors (Lipinski definition) is 1. The summed E-state index contributed by atoms with van der Waals surface area (Å²) < 4.78 is 9.25. The van der Waals surface area contributed by atoms with Crippen LogP contribution in [0.25, 0.3) is 0 Å². The lowest BCUT2D eigenvalue weighted by Crippen LogP contribution is -2.35. The standard InChI is InChI=1S/C19H16N2O8/c1-28-18(24)13-8-14(10-15(9-13)21(26)27)19(25)29-11-17(23)20-16(22)7-12-5-3-2-4-6-12/h2-6,8-10H,7,11H2,1H3,(H,20,22,23). The maximum Gasteiger partial charge on any atom is 0.338 e. The molecule has 2 aromatic carbocycles. The highest BCUT2D eigenvalue weighted by atomic mass is 16.6. The van der Waals surface area contributed by atoms with Crippen LogP contribution in [0.1, 0.15) is 26.3 Å². The number of carbonyl (C=O) groups excluding carboxylic acids is 4. The molecule has 10 heteroatoms. The average Bonchev–Trinajstić information content (AvgIpc) is 2.71. The zero-order chi connectivity index (χ0) is 21.4. The molecule has 0 aliphatic carbocycles. The number of ether oxygens (including phenoxy) is 2. The van der Waals surface area contributed by atoms with Crippen molar-refractivity contribution in [2.24, 2.45) is 0 Å². The van der Waals surface area contributed by atoms with Crippen LogP contribution in [0.2, 0.25) is 0 Å². The molecule has 150 valence electrons. The molecule has 0 spiro atoms. The van der Waals surface area contributed by atoms with Crippen molar-refractivity contribution in [3.05, 3.63) is 75.3 Å². The number of carbonyl (C=O) groups is 4. The van der Waals surface area contributed by atoms with Crippen molar-refractivity contribution in [1.82, 2.24) is 5.32 Å². The van der Waals surface area contributed by atoms with Gasteiger partial charge in [-0.3, -0.25) is 25.0 Å². The summed E-state index contributed by atoms with van der Waals surface area (Å²) in [5.74, 6) is -3.41. The molecule has 0 atom stereocenters. The lowest BCUT2D eigenvalue weighted by Gasteiger charge is -2.07. The van der Waals surface area contributed by atoms with Crippen LogP contribution in [0.5, 0.6) is 0 Å². The highest BCUT2D eigenvalue weighted by Gasteiger charge is 2.20. The van der Waals surface area contributed by atoms with Crippen molar-refractivity contribution in [3.63, 3.8) is 0 Å². The van der Waals surface area contributed by atoms with E-state index >= 15 is 0 Å². The smallest absolute Gasteiger partial charge is 0.338 e. The second kappa shape index (κ2) is 9.74. The Labute approximate surface area is 164 Å². The van der Waals surface area contributed by atoms with Gasteiger partial charge in [-0.25, -0.2) is 9.59 Å². The van der Waals surface area contributed by atoms with E-state index in [0.29, 0.717) is 5.56 Å². The SMILES string of the molecule is COC(=O)c1cc(C(=O)OCC(=O)NC(=O)Cc2ccccc2)cc([N+](=O)[O-])c1. The number of rotatable bonds is 7. The van der Waals surface area contributed by atoms with Gasteiger partial charge in [-0.2, -0.15) is 0 Å². The van der Waals surface area contributed by atoms with Gasteiger partial charge in [-0.1, -0.05) is 30.3 Å². The first-order valence-electron chi connectivity index (χ1n) is 8.21. The van der Waals surface area contributed by atoms with E-state index in [4.69, 9.17) is 4.74 Å². The Morgan fingerprint density at radius 1 is 0.966 bits per heavy atom. The first-order chi connectivity index (χ1) is 13.8. The summed E-state index contributed by atoms with van der Waals surface area (Å²) in [4.78, 5) is 57.5. The van der Waals surface area contributed by atoms with Crippen LogP contribution in [0, 0.1) is 10.1 Å². The molecule has 0 unspecified atom stereocenters. The van der Waals surface area contributed by atoms with Crippen LogP contribution in [0.3, 0.4) is 0 Å². The van der Waals surface area contributed by atoms with E-state index in [2.05, 4.69) is 10.1 Å². The number of nitro groups is 1. The largest absolute Gasteiger partial charge is 0.465 e. The fraction of sp³-hybridized carbons (Fsp3) is 0.158. The minimum absolute atomic E-state index is 0.0338. The third-order valence-electron chi connectivity index (χ3n) is 3.61. The Balaban J connectivity index is 1.98. The first kappa shape index (κ1) is 21.2. The number of nitrogens with one attached hydrogen (secondary N) is 1. The van der Waals surface area contributed by atoms with Crippen molar-refractivity contribution >= 4 is 29.4 Å². The summed E-state index contributed by atoms with van der Waals surface area (Å²) in [6.45, 7) is -0.782. The van der Waals surface area contributed by atoms with E-state index in [1.807, 2.05) is 0 Å². The Morgan fingerprint density at radius 2 is 1.59 bits per heavy atom. The molecule has 0 aliphatic rings. The Kier molecular flexibility index (Phi) is 7.13. The summed E-state index contributed by atoms with van der Waals surface area (Å²) in [5, 5.41) is 13.0. The van der Waals surface area contributed by atoms with Gasteiger partial charge in [0.2, 0.25) is 5.91 Å². The number of amides is 2. The van der Waals surface area contributed by atoms with Gasteiger partial charge in [0.15, 0.2) is 6.61 Å². The van der Waals surface area contributed by atoms with E-state index in [0.717, 1.165) is 25.3 Å².